The molecular formula is C12H14ClFN2O4. The molecule has 0 unspecified atom stereocenters. The molecule has 0 spiro atoms. The smallest absolute Gasteiger partial charge is 0.313 e. The van der Waals surface area contributed by atoms with Crippen LogP contribution in [0.5, 0.6) is 0 Å². The summed E-state index contributed by atoms with van der Waals surface area (Å²) >= 11 is 5.56. The average Bonchev–Trinajstić information content (AvgIpc) is 2.43. The van der Waals surface area contributed by atoms with E-state index in [1.807, 2.05) is 0 Å². The predicted octanol–water partition coefficient (Wildman–Crippen LogP) is 1.15. The van der Waals surface area contributed by atoms with Gasteiger partial charge in [0.05, 0.1) is 11.6 Å². The van der Waals surface area contributed by atoms with E-state index in [9.17, 15) is 14.0 Å². The largest absolute Gasteiger partial charge is 0.354 e. The molecule has 0 saturated heterocycles. The van der Waals surface area contributed by atoms with Crippen LogP contribution in [0, 0.1) is 5.82 Å². The first-order chi connectivity index (χ1) is 9.47. The fraction of sp³-hybridized carbons (Fsp3) is 0.333. The highest BCUT2D eigenvalue weighted by Gasteiger charge is 2.16. The average molecular weight is 305 g/mol. The van der Waals surface area contributed by atoms with Gasteiger partial charge in [-0.05, 0) is 18.2 Å². The van der Waals surface area contributed by atoms with Gasteiger partial charge in [0, 0.05) is 19.9 Å². The number of methoxy groups -OCH3 is 2. The molecule has 0 aromatic heterocycles. The van der Waals surface area contributed by atoms with E-state index in [1.165, 1.54) is 26.4 Å². The molecule has 0 aliphatic carbocycles. The molecule has 0 aliphatic heterocycles. The van der Waals surface area contributed by atoms with E-state index in [-0.39, 0.29) is 17.3 Å². The molecule has 2 amide bonds. The second-order valence-corrected chi connectivity index (χ2v) is 4.10. The summed E-state index contributed by atoms with van der Waals surface area (Å²) in [5, 5.41) is 4.46. The number of ether oxygens (including phenoxy) is 2. The van der Waals surface area contributed by atoms with E-state index in [0.29, 0.717) is 0 Å². The van der Waals surface area contributed by atoms with Gasteiger partial charge in [-0.2, -0.15) is 0 Å². The van der Waals surface area contributed by atoms with Crippen molar-refractivity contribution in [2.24, 2.45) is 0 Å². The number of benzene rings is 1. The van der Waals surface area contributed by atoms with Crippen molar-refractivity contribution in [1.29, 1.82) is 0 Å². The summed E-state index contributed by atoms with van der Waals surface area (Å²) in [4.78, 5) is 23.1. The molecule has 1 aromatic carbocycles. The monoisotopic (exact) mass is 304 g/mol. The van der Waals surface area contributed by atoms with Gasteiger partial charge in [0.2, 0.25) is 0 Å². The number of anilines is 1. The summed E-state index contributed by atoms with van der Waals surface area (Å²) in [7, 11) is 2.81. The van der Waals surface area contributed by atoms with Crippen LogP contribution in [-0.2, 0) is 19.1 Å². The number of carbonyl (C=O) groups excluding carboxylic acids is 2. The van der Waals surface area contributed by atoms with Crippen LogP contribution < -0.4 is 10.6 Å². The number of hydrogen-bond donors (Lipinski definition) is 2. The minimum atomic E-state index is -0.904. The van der Waals surface area contributed by atoms with Crippen LogP contribution >= 0.6 is 11.6 Å². The number of nitrogens with one attached hydrogen (secondary N) is 2. The zero-order valence-electron chi connectivity index (χ0n) is 10.9. The van der Waals surface area contributed by atoms with Gasteiger partial charge in [0.15, 0.2) is 6.29 Å². The number of halogens is 2. The zero-order chi connectivity index (χ0) is 15.1. The number of rotatable bonds is 5. The SMILES string of the molecule is COC(CNC(=O)C(=O)Nc1ccc(F)c(Cl)c1)OC. The lowest BCUT2D eigenvalue weighted by Crippen LogP contribution is -2.40. The molecule has 110 valence electrons. The topological polar surface area (TPSA) is 76.7 Å². The maximum absolute atomic E-state index is 12.9. The second-order valence-electron chi connectivity index (χ2n) is 3.69. The third-order valence-corrected chi connectivity index (χ3v) is 2.63. The van der Waals surface area contributed by atoms with Gasteiger partial charge in [0.1, 0.15) is 5.82 Å². The van der Waals surface area contributed by atoms with Crippen molar-refractivity contribution in [3.8, 4) is 0 Å². The molecule has 0 aliphatic rings. The minimum Gasteiger partial charge on any atom is -0.354 e. The number of amides is 2. The zero-order valence-corrected chi connectivity index (χ0v) is 11.7. The summed E-state index contributed by atoms with van der Waals surface area (Å²) < 4.78 is 22.6. The Morgan fingerprint density at radius 3 is 2.50 bits per heavy atom. The summed E-state index contributed by atoms with van der Waals surface area (Å²) in [6.07, 6.45) is -0.646. The molecule has 0 radical (unpaired) electrons. The summed E-state index contributed by atoms with van der Waals surface area (Å²) in [5.74, 6) is -2.39. The van der Waals surface area contributed by atoms with Crippen LogP contribution in [0.4, 0.5) is 10.1 Å². The van der Waals surface area contributed by atoms with Crippen molar-refractivity contribution in [3.05, 3.63) is 29.0 Å². The minimum absolute atomic E-state index is 0.0173. The van der Waals surface area contributed by atoms with Crippen LogP contribution in [0.3, 0.4) is 0 Å². The van der Waals surface area contributed by atoms with E-state index in [4.69, 9.17) is 21.1 Å². The first kappa shape index (κ1) is 16.4. The van der Waals surface area contributed by atoms with Crippen molar-refractivity contribution in [3.63, 3.8) is 0 Å². The van der Waals surface area contributed by atoms with E-state index in [0.717, 1.165) is 6.07 Å². The lowest BCUT2D eigenvalue weighted by atomic mass is 10.3. The Bertz CT molecular complexity index is 494. The highest BCUT2D eigenvalue weighted by Crippen LogP contribution is 2.19. The molecule has 20 heavy (non-hydrogen) atoms. The first-order valence-electron chi connectivity index (χ1n) is 5.57. The lowest BCUT2D eigenvalue weighted by molar-refractivity contribution is -0.139. The van der Waals surface area contributed by atoms with Gasteiger partial charge in [-0.1, -0.05) is 11.6 Å². The van der Waals surface area contributed by atoms with Crippen LogP contribution in [0.15, 0.2) is 18.2 Å². The van der Waals surface area contributed by atoms with Crippen molar-refractivity contribution in [2.45, 2.75) is 6.29 Å². The summed E-state index contributed by atoms with van der Waals surface area (Å²) in [5.41, 5.74) is 0.214. The molecule has 0 saturated carbocycles. The molecule has 8 heteroatoms. The quantitative estimate of drug-likeness (QED) is 0.632. The molecule has 0 heterocycles. The maximum atomic E-state index is 12.9. The molecule has 1 rings (SSSR count). The van der Waals surface area contributed by atoms with Gasteiger partial charge in [-0.3, -0.25) is 9.59 Å². The molecule has 0 bridgehead atoms. The van der Waals surface area contributed by atoms with Crippen molar-refractivity contribution >= 4 is 29.1 Å². The Morgan fingerprint density at radius 2 is 1.95 bits per heavy atom. The third kappa shape index (κ3) is 4.76. The van der Waals surface area contributed by atoms with Crippen LogP contribution in [-0.4, -0.2) is 38.9 Å². The third-order valence-electron chi connectivity index (χ3n) is 2.34. The highest BCUT2D eigenvalue weighted by molar-refractivity contribution is 6.39. The van der Waals surface area contributed by atoms with Gasteiger partial charge in [-0.15, -0.1) is 0 Å². The fourth-order valence-corrected chi connectivity index (χ4v) is 1.46. The molecule has 0 fully saturated rings. The maximum Gasteiger partial charge on any atom is 0.313 e. The molecule has 6 nitrogen and oxygen atoms in total. The van der Waals surface area contributed by atoms with Crippen molar-refractivity contribution in [2.75, 3.05) is 26.1 Å². The van der Waals surface area contributed by atoms with Gasteiger partial charge in [-0.25, -0.2) is 4.39 Å². The Morgan fingerprint density at radius 1 is 1.30 bits per heavy atom. The van der Waals surface area contributed by atoms with E-state index >= 15 is 0 Å². The normalized spacial score (nSPS) is 10.4. The Balaban J connectivity index is 2.53. The Kier molecular flexibility index (Phi) is 6.37. The van der Waals surface area contributed by atoms with E-state index < -0.39 is 23.9 Å². The molecular weight excluding hydrogens is 291 g/mol. The highest BCUT2D eigenvalue weighted by atomic mass is 35.5. The van der Waals surface area contributed by atoms with Crippen LogP contribution in [0.25, 0.3) is 0 Å². The van der Waals surface area contributed by atoms with Crippen molar-refractivity contribution in [1.82, 2.24) is 5.32 Å². The molecule has 1 aromatic rings. The summed E-state index contributed by atoms with van der Waals surface area (Å²) in [6, 6.07) is 3.58. The molecule has 2 N–H and O–H groups in total. The summed E-state index contributed by atoms with van der Waals surface area (Å²) in [6.45, 7) is 0.0173. The van der Waals surface area contributed by atoms with E-state index in [2.05, 4.69) is 10.6 Å². The van der Waals surface area contributed by atoms with Gasteiger partial charge < -0.3 is 20.1 Å². The van der Waals surface area contributed by atoms with Gasteiger partial charge in [0.25, 0.3) is 0 Å². The van der Waals surface area contributed by atoms with Crippen LogP contribution in [0.1, 0.15) is 0 Å². The standard InChI is InChI=1S/C12H14ClFN2O4/c1-19-10(20-2)6-15-11(17)12(18)16-7-3-4-9(14)8(13)5-7/h3-5,10H,6H2,1-2H3,(H,15,17)(H,16,18). The lowest BCUT2D eigenvalue weighted by Gasteiger charge is -2.13. The molecule has 0 atom stereocenters. The number of hydrogen-bond acceptors (Lipinski definition) is 4. The van der Waals surface area contributed by atoms with Crippen molar-refractivity contribution < 1.29 is 23.5 Å². The Hall–Kier alpha value is -1.70. The number of carbonyl (C=O) groups is 2. The first-order valence-corrected chi connectivity index (χ1v) is 5.95. The van der Waals surface area contributed by atoms with Gasteiger partial charge >= 0.3 is 11.8 Å². The Labute approximate surface area is 120 Å². The van der Waals surface area contributed by atoms with E-state index in [1.54, 1.807) is 0 Å². The fourth-order valence-electron chi connectivity index (χ4n) is 1.28. The van der Waals surface area contributed by atoms with Crippen LogP contribution in [0.2, 0.25) is 5.02 Å². The second kappa shape index (κ2) is 7.78. The predicted molar refractivity (Wildman–Crippen MR) is 70.9 cm³/mol.